The van der Waals surface area contributed by atoms with Gasteiger partial charge in [0, 0.05) is 31.3 Å². The van der Waals surface area contributed by atoms with Crippen LogP contribution >= 0.6 is 0 Å². The molecule has 1 aromatic carbocycles. The highest BCUT2D eigenvalue weighted by Gasteiger charge is 2.32. The number of carbonyl (C=O) groups is 1. The molecule has 3 rings (SSSR count). The molecule has 0 spiro atoms. The van der Waals surface area contributed by atoms with Crippen LogP contribution in [0.25, 0.3) is 0 Å². The van der Waals surface area contributed by atoms with Gasteiger partial charge in [0.25, 0.3) is 0 Å². The predicted molar refractivity (Wildman–Crippen MR) is 77.3 cm³/mol. The second kappa shape index (κ2) is 6.54. The summed E-state index contributed by atoms with van der Waals surface area (Å²) < 4.78 is 19.3. The van der Waals surface area contributed by atoms with Crippen LogP contribution < -0.4 is 5.32 Å². The Hall–Kier alpha value is -1.46. The molecule has 1 N–H and O–H groups in total. The van der Waals surface area contributed by atoms with Crippen LogP contribution in [0.3, 0.4) is 0 Å². The van der Waals surface area contributed by atoms with Gasteiger partial charge in [-0.1, -0.05) is 18.2 Å². The Kier molecular flexibility index (Phi) is 4.51. The second-order valence-electron chi connectivity index (χ2n) is 5.74. The molecule has 0 unspecified atom stereocenters. The average molecular weight is 292 g/mol. The highest BCUT2D eigenvalue weighted by molar-refractivity contribution is 5.78. The molecule has 1 aromatic rings. The van der Waals surface area contributed by atoms with Gasteiger partial charge in [0.15, 0.2) is 0 Å². The molecule has 2 aliphatic rings. The van der Waals surface area contributed by atoms with E-state index in [-0.39, 0.29) is 23.9 Å². The topological polar surface area (TPSA) is 41.6 Å². The molecule has 5 heteroatoms. The van der Waals surface area contributed by atoms with Crippen LogP contribution in [0.2, 0.25) is 0 Å². The SMILES string of the molecule is O=C(CN1CC[C@H]1c1ccccc1F)NC[C@@H]1CCCO1. The number of hydrogen-bond donors (Lipinski definition) is 1. The maximum atomic E-state index is 13.8. The van der Waals surface area contributed by atoms with E-state index in [1.54, 1.807) is 12.1 Å². The zero-order valence-corrected chi connectivity index (χ0v) is 12.1. The fourth-order valence-electron chi connectivity index (χ4n) is 3.00. The van der Waals surface area contributed by atoms with E-state index >= 15 is 0 Å². The Morgan fingerprint density at radius 2 is 2.24 bits per heavy atom. The molecule has 2 fully saturated rings. The zero-order valence-electron chi connectivity index (χ0n) is 12.1. The first-order chi connectivity index (χ1) is 10.2. The molecule has 0 saturated carbocycles. The lowest BCUT2D eigenvalue weighted by atomic mass is 9.94. The third-order valence-electron chi connectivity index (χ3n) is 4.29. The summed E-state index contributed by atoms with van der Waals surface area (Å²) in [6.07, 6.45) is 3.15. The predicted octanol–water partition coefficient (Wildman–Crippen LogP) is 1.87. The normalized spacial score (nSPS) is 25.6. The van der Waals surface area contributed by atoms with E-state index < -0.39 is 0 Å². The van der Waals surface area contributed by atoms with Gasteiger partial charge in [-0.2, -0.15) is 0 Å². The van der Waals surface area contributed by atoms with Crippen molar-refractivity contribution in [3.8, 4) is 0 Å². The number of rotatable bonds is 5. The Morgan fingerprint density at radius 1 is 1.38 bits per heavy atom. The quantitative estimate of drug-likeness (QED) is 0.901. The fourth-order valence-corrected chi connectivity index (χ4v) is 3.00. The molecule has 2 atom stereocenters. The van der Waals surface area contributed by atoms with Crippen molar-refractivity contribution in [1.82, 2.24) is 10.2 Å². The van der Waals surface area contributed by atoms with Crippen LogP contribution in [0.4, 0.5) is 4.39 Å². The second-order valence-corrected chi connectivity index (χ2v) is 5.74. The van der Waals surface area contributed by atoms with Crippen molar-refractivity contribution in [3.63, 3.8) is 0 Å². The Bertz CT molecular complexity index is 503. The number of ether oxygens (including phenoxy) is 1. The van der Waals surface area contributed by atoms with Gasteiger partial charge >= 0.3 is 0 Å². The van der Waals surface area contributed by atoms with E-state index in [0.29, 0.717) is 18.7 Å². The van der Waals surface area contributed by atoms with Crippen molar-refractivity contribution in [2.45, 2.75) is 31.4 Å². The Morgan fingerprint density at radius 3 is 2.90 bits per heavy atom. The lowest BCUT2D eigenvalue weighted by molar-refractivity contribution is -0.124. The largest absolute Gasteiger partial charge is 0.376 e. The number of benzene rings is 1. The standard InChI is InChI=1S/C16H21FN2O2/c17-14-6-2-1-5-13(14)15-7-8-19(15)11-16(20)18-10-12-4-3-9-21-12/h1-2,5-6,12,15H,3-4,7-11H2,(H,18,20)/t12-,15-/m0/s1. The van der Waals surface area contributed by atoms with E-state index in [9.17, 15) is 9.18 Å². The number of likely N-dealkylation sites (tertiary alicyclic amines) is 1. The summed E-state index contributed by atoms with van der Waals surface area (Å²) in [5, 5.41) is 2.91. The summed E-state index contributed by atoms with van der Waals surface area (Å²) in [5.74, 6) is -0.196. The van der Waals surface area contributed by atoms with Gasteiger partial charge in [0.05, 0.1) is 12.6 Å². The number of nitrogens with zero attached hydrogens (tertiary/aromatic N) is 1. The molecular formula is C16H21FN2O2. The van der Waals surface area contributed by atoms with Gasteiger partial charge in [0.1, 0.15) is 5.82 Å². The summed E-state index contributed by atoms with van der Waals surface area (Å²) in [6, 6.07) is 6.84. The first kappa shape index (κ1) is 14.5. The van der Waals surface area contributed by atoms with Crippen molar-refractivity contribution >= 4 is 5.91 Å². The number of nitrogens with one attached hydrogen (secondary N) is 1. The fraction of sp³-hybridized carbons (Fsp3) is 0.562. The van der Waals surface area contributed by atoms with Crippen LogP contribution in [0.5, 0.6) is 0 Å². The molecule has 0 aliphatic carbocycles. The van der Waals surface area contributed by atoms with Gasteiger partial charge in [-0.15, -0.1) is 0 Å². The molecule has 21 heavy (non-hydrogen) atoms. The third-order valence-corrected chi connectivity index (χ3v) is 4.29. The minimum Gasteiger partial charge on any atom is -0.376 e. The lowest BCUT2D eigenvalue weighted by Gasteiger charge is -2.40. The van der Waals surface area contributed by atoms with Crippen LogP contribution in [0, 0.1) is 5.82 Å². The van der Waals surface area contributed by atoms with Crippen molar-refractivity contribution < 1.29 is 13.9 Å². The summed E-state index contributed by atoms with van der Waals surface area (Å²) in [5.41, 5.74) is 0.690. The maximum absolute atomic E-state index is 13.8. The first-order valence-corrected chi connectivity index (χ1v) is 7.61. The van der Waals surface area contributed by atoms with Gasteiger partial charge in [-0.3, -0.25) is 9.69 Å². The number of amides is 1. The number of hydrogen-bond acceptors (Lipinski definition) is 3. The summed E-state index contributed by atoms with van der Waals surface area (Å²) >= 11 is 0. The van der Waals surface area contributed by atoms with E-state index in [1.165, 1.54) is 6.07 Å². The van der Waals surface area contributed by atoms with Crippen LogP contribution in [0.1, 0.15) is 30.9 Å². The van der Waals surface area contributed by atoms with Crippen molar-refractivity contribution in [1.29, 1.82) is 0 Å². The maximum Gasteiger partial charge on any atom is 0.234 e. The monoisotopic (exact) mass is 292 g/mol. The molecule has 114 valence electrons. The molecule has 4 nitrogen and oxygen atoms in total. The van der Waals surface area contributed by atoms with Crippen molar-refractivity contribution in [2.24, 2.45) is 0 Å². The van der Waals surface area contributed by atoms with Gasteiger partial charge in [-0.25, -0.2) is 4.39 Å². The van der Waals surface area contributed by atoms with Crippen LogP contribution in [-0.4, -0.2) is 43.2 Å². The summed E-state index contributed by atoms with van der Waals surface area (Å²) in [6.45, 7) is 2.54. The zero-order chi connectivity index (χ0) is 14.7. The molecule has 2 aliphatic heterocycles. The van der Waals surface area contributed by atoms with Crippen LogP contribution in [-0.2, 0) is 9.53 Å². The van der Waals surface area contributed by atoms with E-state index in [0.717, 1.165) is 32.4 Å². The highest BCUT2D eigenvalue weighted by Crippen LogP contribution is 2.33. The number of carbonyl (C=O) groups excluding carboxylic acids is 1. The van der Waals surface area contributed by atoms with Crippen molar-refractivity contribution in [2.75, 3.05) is 26.2 Å². The molecule has 2 saturated heterocycles. The minimum absolute atomic E-state index is 0.00783. The van der Waals surface area contributed by atoms with Gasteiger partial charge in [-0.05, 0) is 25.3 Å². The lowest BCUT2D eigenvalue weighted by Crippen LogP contribution is -2.47. The van der Waals surface area contributed by atoms with E-state index in [1.807, 2.05) is 11.0 Å². The smallest absolute Gasteiger partial charge is 0.234 e. The molecule has 1 amide bonds. The summed E-state index contributed by atoms with van der Waals surface area (Å²) in [7, 11) is 0. The minimum atomic E-state index is -0.188. The Balaban J connectivity index is 1.48. The van der Waals surface area contributed by atoms with E-state index in [2.05, 4.69) is 5.32 Å². The Labute approximate surface area is 124 Å². The third kappa shape index (κ3) is 3.41. The summed E-state index contributed by atoms with van der Waals surface area (Å²) in [4.78, 5) is 14.0. The van der Waals surface area contributed by atoms with Crippen LogP contribution in [0.15, 0.2) is 24.3 Å². The first-order valence-electron chi connectivity index (χ1n) is 7.61. The number of halogens is 1. The van der Waals surface area contributed by atoms with E-state index in [4.69, 9.17) is 4.74 Å². The van der Waals surface area contributed by atoms with Crippen molar-refractivity contribution in [3.05, 3.63) is 35.6 Å². The molecular weight excluding hydrogens is 271 g/mol. The molecule has 0 bridgehead atoms. The molecule has 2 heterocycles. The average Bonchev–Trinajstić information content (AvgIpc) is 2.97. The molecule has 0 radical (unpaired) electrons. The molecule has 0 aromatic heterocycles. The van der Waals surface area contributed by atoms with Gasteiger partial charge < -0.3 is 10.1 Å². The van der Waals surface area contributed by atoms with Gasteiger partial charge in [0.2, 0.25) is 5.91 Å². The highest BCUT2D eigenvalue weighted by atomic mass is 19.1.